The topological polar surface area (TPSA) is 61.9 Å². The molecule has 2 atom stereocenters. The van der Waals surface area contributed by atoms with E-state index in [1.807, 2.05) is 4.90 Å². The molecule has 0 unspecified atom stereocenters. The highest BCUT2D eigenvalue weighted by atomic mass is 16.5. The van der Waals surface area contributed by atoms with E-state index in [2.05, 4.69) is 5.32 Å². The highest BCUT2D eigenvalue weighted by Crippen LogP contribution is 2.39. The van der Waals surface area contributed by atoms with Gasteiger partial charge in [-0.15, -0.1) is 0 Å². The van der Waals surface area contributed by atoms with Crippen LogP contribution in [0.2, 0.25) is 0 Å². The van der Waals surface area contributed by atoms with Gasteiger partial charge in [0, 0.05) is 46.3 Å². The van der Waals surface area contributed by atoms with E-state index in [-0.39, 0.29) is 11.8 Å². The molecule has 0 saturated carbocycles. The molecule has 1 N–H and O–H groups in total. The van der Waals surface area contributed by atoms with Crippen LogP contribution < -0.4 is 5.32 Å². The first-order chi connectivity index (χ1) is 9.63. The average molecular weight is 281 g/mol. The lowest BCUT2D eigenvalue weighted by Crippen LogP contribution is -2.53. The van der Waals surface area contributed by atoms with E-state index in [1.165, 1.54) is 0 Å². The summed E-state index contributed by atoms with van der Waals surface area (Å²) in [4.78, 5) is 28.3. The molecule has 6 heteroatoms. The van der Waals surface area contributed by atoms with Crippen LogP contribution in [0.1, 0.15) is 12.8 Å². The van der Waals surface area contributed by atoms with E-state index in [0.717, 1.165) is 19.6 Å². The third-order valence-corrected chi connectivity index (χ3v) is 5.02. The molecule has 112 valence electrons. The Bertz CT molecular complexity index is 414. The molecule has 6 nitrogen and oxygen atoms in total. The van der Waals surface area contributed by atoms with Crippen LogP contribution in [0.3, 0.4) is 0 Å². The van der Waals surface area contributed by atoms with Crippen LogP contribution in [0.25, 0.3) is 0 Å². The Morgan fingerprint density at radius 1 is 1.40 bits per heavy atom. The zero-order chi connectivity index (χ0) is 14.2. The zero-order valence-electron chi connectivity index (χ0n) is 12.1. The predicted molar refractivity (Wildman–Crippen MR) is 73.1 cm³/mol. The van der Waals surface area contributed by atoms with Gasteiger partial charge < -0.3 is 19.9 Å². The first-order valence-corrected chi connectivity index (χ1v) is 7.45. The SMILES string of the molecule is CN1CCN(C(=O)[C@]23CNC[C@H]2CCOC3)CCC1=O. The lowest BCUT2D eigenvalue weighted by Gasteiger charge is -2.40. The molecule has 0 bridgehead atoms. The highest BCUT2D eigenvalue weighted by Gasteiger charge is 2.52. The molecule has 0 aliphatic carbocycles. The van der Waals surface area contributed by atoms with Crippen molar-refractivity contribution in [3.05, 3.63) is 0 Å². The summed E-state index contributed by atoms with van der Waals surface area (Å²) in [6.07, 6.45) is 1.38. The van der Waals surface area contributed by atoms with Gasteiger partial charge in [0.05, 0.1) is 12.0 Å². The summed E-state index contributed by atoms with van der Waals surface area (Å²) in [6.45, 7) is 4.68. The average Bonchev–Trinajstić information content (AvgIpc) is 2.83. The molecular weight excluding hydrogens is 258 g/mol. The van der Waals surface area contributed by atoms with Crippen molar-refractivity contribution in [1.29, 1.82) is 0 Å². The molecule has 3 fully saturated rings. The third-order valence-electron chi connectivity index (χ3n) is 5.02. The van der Waals surface area contributed by atoms with Crippen molar-refractivity contribution in [2.75, 3.05) is 53.0 Å². The number of carbonyl (C=O) groups excluding carboxylic acids is 2. The summed E-state index contributed by atoms with van der Waals surface area (Å²) >= 11 is 0. The molecule has 0 aromatic carbocycles. The normalized spacial score (nSPS) is 34.9. The van der Waals surface area contributed by atoms with Crippen molar-refractivity contribution in [3.8, 4) is 0 Å². The van der Waals surface area contributed by atoms with Crippen molar-refractivity contribution >= 4 is 11.8 Å². The number of carbonyl (C=O) groups is 2. The molecule has 3 heterocycles. The quantitative estimate of drug-likeness (QED) is 0.691. The van der Waals surface area contributed by atoms with Gasteiger partial charge in [-0.2, -0.15) is 0 Å². The first kappa shape index (κ1) is 13.8. The standard InChI is InChI=1S/C14H23N3O3/c1-16-5-6-17(4-2-12(16)18)13(19)14-9-15-8-11(14)3-7-20-10-14/h11,15H,2-10H2,1H3/t11-,14+/m1/s1. The van der Waals surface area contributed by atoms with Crippen molar-refractivity contribution in [2.24, 2.45) is 11.3 Å². The lowest BCUT2D eigenvalue weighted by molar-refractivity contribution is -0.152. The fourth-order valence-corrected chi connectivity index (χ4v) is 3.59. The van der Waals surface area contributed by atoms with Crippen LogP contribution in [0.5, 0.6) is 0 Å². The van der Waals surface area contributed by atoms with Crippen LogP contribution in [-0.4, -0.2) is 74.6 Å². The van der Waals surface area contributed by atoms with Crippen LogP contribution in [0.15, 0.2) is 0 Å². The van der Waals surface area contributed by atoms with Crippen molar-refractivity contribution in [2.45, 2.75) is 12.8 Å². The molecule has 0 radical (unpaired) electrons. The number of rotatable bonds is 1. The minimum absolute atomic E-state index is 0.124. The van der Waals surface area contributed by atoms with Gasteiger partial charge in [0.25, 0.3) is 0 Å². The van der Waals surface area contributed by atoms with Crippen LogP contribution >= 0.6 is 0 Å². The molecule has 0 aromatic rings. The second kappa shape index (κ2) is 5.33. The van der Waals surface area contributed by atoms with Crippen molar-refractivity contribution in [1.82, 2.24) is 15.1 Å². The largest absolute Gasteiger partial charge is 0.380 e. The summed E-state index contributed by atoms with van der Waals surface area (Å²) in [5, 5.41) is 3.35. The van der Waals surface area contributed by atoms with E-state index in [0.29, 0.717) is 45.1 Å². The van der Waals surface area contributed by atoms with Gasteiger partial charge in [0.1, 0.15) is 0 Å². The fraction of sp³-hybridized carbons (Fsp3) is 0.857. The maximum absolute atomic E-state index is 13.0. The van der Waals surface area contributed by atoms with Gasteiger partial charge in [-0.25, -0.2) is 0 Å². The van der Waals surface area contributed by atoms with Crippen LogP contribution in [0, 0.1) is 11.3 Å². The molecule has 3 saturated heterocycles. The van der Waals surface area contributed by atoms with Gasteiger partial charge in [-0.05, 0) is 18.9 Å². The first-order valence-electron chi connectivity index (χ1n) is 7.45. The molecule has 3 aliphatic heterocycles. The summed E-state index contributed by atoms with van der Waals surface area (Å²) in [5.41, 5.74) is -0.399. The maximum atomic E-state index is 13.0. The van der Waals surface area contributed by atoms with Crippen molar-refractivity contribution < 1.29 is 14.3 Å². The van der Waals surface area contributed by atoms with E-state index in [1.54, 1.807) is 11.9 Å². The summed E-state index contributed by atoms with van der Waals surface area (Å²) < 4.78 is 5.61. The predicted octanol–water partition coefficient (Wildman–Crippen LogP) is -0.697. The van der Waals surface area contributed by atoms with Gasteiger partial charge in [-0.1, -0.05) is 0 Å². The van der Waals surface area contributed by atoms with E-state index in [9.17, 15) is 9.59 Å². The Labute approximate surface area is 119 Å². The number of nitrogens with zero attached hydrogens (tertiary/aromatic N) is 2. The Morgan fingerprint density at radius 3 is 3.10 bits per heavy atom. The monoisotopic (exact) mass is 281 g/mol. The molecular formula is C14H23N3O3. The van der Waals surface area contributed by atoms with E-state index < -0.39 is 5.41 Å². The Balaban J connectivity index is 1.76. The Hall–Kier alpha value is -1.14. The minimum atomic E-state index is -0.399. The highest BCUT2D eigenvalue weighted by molar-refractivity contribution is 5.85. The number of fused-ring (bicyclic) bond motifs is 1. The third kappa shape index (κ3) is 2.20. The summed E-state index contributed by atoms with van der Waals surface area (Å²) in [6, 6.07) is 0. The molecule has 2 amide bonds. The van der Waals surface area contributed by atoms with Crippen LogP contribution in [-0.2, 0) is 14.3 Å². The Morgan fingerprint density at radius 2 is 2.25 bits per heavy atom. The van der Waals surface area contributed by atoms with Crippen molar-refractivity contribution in [3.63, 3.8) is 0 Å². The minimum Gasteiger partial charge on any atom is -0.380 e. The fourth-order valence-electron chi connectivity index (χ4n) is 3.59. The maximum Gasteiger partial charge on any atom is 0.232 e. The van der Waals surface area contributed by atoms with Gasteiger partial charge in [-0.3, -0.25) is 9.59 Å². The second-order valence-corrected chi connectivity index (χ2v) is 6.18. The van der Waals surface area contributed by atoms with E-state index in [4.69, 9.17) is 4.74 Å². The lowest BCUT2D eigenvalue weighted by atomic mass is 9.74. The zero-order valence-corrected chi connectivity index (χ0v) is 12.1. The van der Waals surface area contributed by atoms with E-state index >= 15 is 0 Å². The van der Waals surface area contributed by atoms with Gasteiger partial charge >= 0.3 is 0 Å². The smallest absolute Gasteiger partial charge is 0.232 e. The van der Waals surface area contributed by atoms with Crippen LogP contribution in [0.4, 0.5) is 0 Å². The molecule has 0 spiro atoms. The number of ether oxygens (including phenoxy) is 1. The second-order valence-electron chi connectivity index (χ2n) is 6.18. The number of nitrogens with one attached hydrogen (secondary N) is 1. The number of hydrogen-bond acceptors (Lipinski definition) is 4. The summed E-state index contributed by atoms with van der Waals surface area (Å²) in [7, 11) is 1.80. The molecule has 3 aliphatic rings. The summed E-state index contributed by atoms with van der Waals surface area (Å²) in [5.74, 6) is 0.675. The number of hydrogen-bond donors (Lipinski definition) is 1. The number of amides is 2. The van der Waals surface area contributed by atoms with Gasteiger partial charge in [0.15, 0.2) is 0 Å². The van der Waals surface area contributed by atoms with Gasteiger partial charge in [0.2, 0.25) is 11.8 Å². The molecule has 0 aromatic heterocycles. The molecule has 20 heavy (non-hydrogen) atoms. The Kier molecular flexibility index (Phi) is 3.69. The number of likely N-dealkylation sites (N-methyl/N-ethyl adjacent to an activating group) is 1. The molecule has 3 rings (SSSR count).